The van der Waals surface area contributed by atoms with Gasteiger partial charge in [0.25, 0.3) is 10.0 Å². The molecule has 0 heterocycles. The van der Waals surface area contributed by atoms with E-state index >= 15 is 0 Å². The Morgan fingerprint density at radius 1 is 0.952 bits per heavy atom. The zero-order valence-corrected chi connectivity index (χ0v) is 26.6. The van der Waals surface area contributed by atoms with Crippen molar-refractivity contribution in [3.05, 3.63) is 92.9 Å². The number of sulfonamides is 1. The number of amides is 2. The summed E-state index contributed by atoms with van der Waals surface area (Å²) in [5.74, 6) is -0.840. The number of halogens is 3. The topological polar surface area (TPSA) is 86.8 Å². The maximum Gasteiger partial charge on any atom is 0.264 e. The van der Waals surface area contributed by atoms with Crippen molar-refractivity contribution in [1.29, 1.82) is 0 Å². The summed E-state index contributed by atoms with van der Waals surface area (Å²) in [7, 11) is -4.20. The lowest BCUT2D eigenvalue weighted by Gasteiger charge is -2.34. The molecule has 7 nitrogen and oxygen atoms in total. The van der Waals surface area contributed by atoms with Crippen molar-refractivity contribution in [2.75, 3.05) is 10.8 Å². The third kappa shape index (κ3) is 7.40. The maximum absolute atomic E-state index is 14.3. The van der Waals surface area contributed by atoms with Crippen molar-refractivity contribution in [1.82, 2.24) is 10.2 Å². The van der Waals surface area contributed by atoms with Crippen molar-refractivity contribution < 1.29 is 18.0 Å². The van der Waals surface area contributed by atoms with E-state index in [4.69, 9.17) is 34.8 Å². The molecule has 224 valence electrons. The van der Waals surface area contributed by atoms with Gasteiger partial charge in [-0.25, -0.2) is 8.42 Å². The van der Waals surface area contributed by atoms with E-state index in [1.807, 2.05) is 6.92 Å². The molecule has 0 saturated heterocycles. The Morgan fingerprint density at radius 3 is 2.29 bits per heavy atom. The Morgan fingerprint density at radius 2 is 1.64 bits per heavy atom. The number of carbonyl (C=O) groups is 2. The van der Waals surface area contributed by atoms with Gasteiger partial charge in [0.2, 0.25) is 11.8 Å². The summed E-state index contributed by atoms with van der Waals surface area (Å²) in [6.07, 6.45) is 4.16. The van der Waals surface area contributed by atoms with E-state index in [2.05, 4.69) is 5.32 Å². The predicted octanol–water partition coefficient (Wildman–Crippen LogP) is 7.02. The van der Waals surface area contributed by atoms with Crippen LogP contribution in [0.25, 0.3) is 0 Å². The molecule has 4 rings (SSSR count). The fourth-order valence-electron chi connectivity index (χ4n) is 5.22. The van der Waals surface area contributed by atoms with Crippen LogP contribution in [-0.2, 0) is 26.2 Å². The molecule has 2 amide bonds. The third-order valence-corrected chi connectivity index (χ3v) is 10.3. The number of hydrogen-bond donors (Lipinski definition) is 1. The van der Waals surface area contributed by atoms with E-state index < -0.39 is 28.5 Å². The first kappa shape index (κ1) is 32.1. The van der Waals surface area contributed by atoms with Gasteiger partial charge in [0.05, 0.1) is 10.6 Å². The van der Waals surface area contributed by atoms with E-state index in [1.165, 1.54) is 17.0 Å². The number of benzene rings is 3. The van der Waals surface area contributed by atoms with Gasteiger partial charge in [-0.3, -0.25) is 13.9 Å². The molecular formula is C31H34Cl3N3O4S. The highest BCUT2D eigenvalue weighted by molar-refractivity contribution is 7.92. The zero-order chi connectivity index (χ0) is 30.4. The summed E-state index contributed by atoms with van der Waals surface area (Å²) >= 11 is 19.0. The van der Waals surface area contributed by atoms with Crippen molar-refractivity contribution in [3.8, 4) is 0 Å². The van der Waals surface area contributed by atoms with Crippen LogP contribution >= 0.6 is 34.8 Å². The van der Waals surface area contributed by atoms with Crippen LogP contribution in [0.2, 0.25) is 15.1 Å². The minimum atomic E-state index is -4.20. The minimum Gasteiger partial charge on any atom is -0.352 e. The molecule has 0 aliphatic heterocycles. The Balaban J connectivity index is 1.76. The Labute approximate surface area is 262 Å². The van der Waals surface area contributed by atoms with Crippen LogP contribution < -0.4 is 9.62 Å². The van der Waals surface area contributed by atoms with Gasteiger partial charge < -0.3 is 10.2 Å². The van der Waals surface area contributed by atoms with Gasteiger partial charge in [-0.1, -0.05) is 84.9 Å². The van der Waals surface area contributed by atoms with E-state index in [9.17, 15) is 18.0 Å². The van der Waals surface area contributed by atoms with Crippen LogP contribution in [0.4, 0.5) is 5.69 Å². The highest BCUT2D eigenvalue weighted by Gasteiger charge is 2.35. The second kappa shape index (κ2) is 14.1. The molecule has 3 aromatic carbocycles. The smallest absolute Gasteiger partial charge is 0.264 e. The number of anilines is 1. The molecule has 3 aromatic rings. The summed E-state index contributed by atoms with van der Waals surface area (Å²) in [6, 6.07) is 16.9. The van der Waals surface area contributed by atoms with E-state index in [0.29, 0.717) is 32.6 Å². The van der Waals surface area contributed by atoms with Crippen LogP contribution in [-0.4, -0.2) is 43.8 Å². The zero-order valence-electron chi connectivity index (χ0n) is 23.5. The highest BCUT2D eigenvalue weighted by atomic mass is 35.5. The lowest BCUT2D eigenvalue weighted by molar-refractivity contribution is -0.140. The van der Waals surface area contributed by atoms with Gasteiger partial charge in [0.15, 0.2) is 0 Å². The number of nitrogens with zero attached hydrogens (tertiary/aromatic N) is 2. The second-order valence-electron chi connectivity index (χ2n) is 10.4. The average Bonchev–Trinajstić information content (AvgIpc) is 3.47. The van der Waals surface area contributed by atoms with E-state index in [-0.39, 0.29) is 29.1 Å². The first-order chi connectivity index (χ1) is 20.0. The Hall–Kier alpha value is -2.78. The fourth-order valence-corrected chi connectivity index (χ4v) is 7.35. The van der Waals surface area contributed by atoms with Gasteiger partial charge in [-0.05, 0) is 73.7 Å². The lowest BCUT2D eigenvalue weighted by Crippen LogP contribution is -2.53. The molecule has 1 unspecified atom stereocenters. The summed E-state index contributed by atoms with van der Waals surface area (Å²) in [5, 5.41) is 4.23. The molecule has 0 aromatic heterocycles. The van der Waals surface area contributed by atoms with Crippen molar-refractivity contribution in [3.63, 3.8) is 0 Å². The standard InChI is InChI=1S/C31H34Cl3N3O4S/c1-3-28(31(39)35-24-10-7-8-11-24)36(19-22-16-17-23(32)18-27(22)34)30(38)20-37(29-15-9-14-26(33)21(29)2)42(40,41)25-12-5-4-6-13-25/h4-6,9,12-18,24,28H,3,7-8,10-11,19-20H2,1-2H3,(H,35,39). The molecule has 1 aliphatic rings. The second-order valence-corrected chi connectivity index (χ2v) is 13.5. The monoisotopic (exact) mass is 649 g/mol. The van der Waals surface area contributed by atoms with Gasteiger partial charge in [-0.2, -0.15) is 0 Å². The largest absolute Gasteiger partial charge is 0.352 e. The van der Waals surface area contributed by atoms with Crippen molar-refractivity contribution in [2.45, 2.75) is 69.5 Å². The van der Waals surface area contributed by atoms with Gasteiger partial charge >= 0.3 is 0 Å². The molecule has 1 aliphatic carbocycles. The fraction of sp³-hybridized carbons (Fsp3) is 0.355. The van der Waals surface area contributed by atoms with Gasteiger partial charge in [0.1, 0.15) is 12.6 Å². The molecule has 0 bridgehead atoms. The molecule has 1 atom stereocenters. The van der Waals surface area contributed by atoms with Crippen molar-refractivity contribution >= 4 is 62.3 Å². The summed E-state index contributed by atoms with van der Waals surface area (Å²) < 4.78 is 29.1. The molecule has 42 heavy (non-hydrogen) atoms. The Kier molecular flexibility index (Phi) is 10.8. The molecule has 1 saturated carbocycles. The molecule has 1 fully saturated rings. The van der Waals surface area contributed by atoms with Crippen LogP contribution in [0.5, 0.6) is 0 Å². The number of nitrogens with one attached hydrogen (secondary N) is 1. The first-order valence-electron chi connectivity index (χ1n) is 13.9. The van der Waals surface area contributed by atoms with E-state index in [1.54, 1.807) is 61.5 Å². The molecule has 0 spiro atoms. The quantitative estimate of drug-likeness (QED) is 0.242. The summed E-state index contributed by atoms with van der Waals surface area (Å²) in [6.45, 7) is 2.95. The molecule has 1 N–H and O–H groups in total. The van der Waals surface area contributed by atoms with Gasteiger partial charge in [0, 0.05) is 27.7 Å². The number of hydrogen-bond acceptors (Lipinski definition) is 4. The van der Waals surface area contributed by atoms with Crippen LogP contribution in [0, 0.1) is 6.92 Å². The van der Waals surface area contributed by atoms with E-state index in [0.717, 1.165) is 30.0 Å². The summed E-state index contributed by atoms with van der Waals surface area (Å²) in [5.41, 5.74) is 1.36. The lowest BCUT2D eigenvalue weighted by atomic mass is 10.1. The van der Waals surface area contributed by atoms with Crippen LogP contribution in [0.1, 0.15) is 50.2 Å². The summed E-state index contributed by atoms with van der Waals surface area (Å²) in [4.78, 5) is 29.3. The van der Waals surface area contributed by atoms with Gasteiger partial charge in [-0.15, -0.1) is 0 Å². The highest BCUT2D eigenvalue weighted by Crippen LogP contribution is 2.32. The average molecular weight is 651 g/mol. The third-order valence-electron chi connectivity index (χ3n) is 7.56. The minimum absolute atomic E-state index is 0.0147. The Bertz CT molecular complexity index is 1530. The predicted molar refractivity (Wildman–Crippen MR) is 169 cm³/mol. The maximum atomic E-state index is 14.3. The molecule has 0 radical (unpaired) electrons. The number of carbonyl (C=O) groups excluding carboxylic acids is 2. The van der Waals surface area contributed by atoms with Crippen LogP contribution in [0.3, 0.4) is 0 Å². The normalized spacial score (nSPS) is 14.4. The SMILES string of the molecule is CCC(C(=O)NC1CCCC1)N(Cc1ccc(Cl)cc1Cl)C(=O)CN(c1cccc(Cl)c1C)S(=O)(=O)c1ccccc1. The molecule has 11 heteroatoms. The van der Waals surface area contributed by atoms with Crippen molar-refractivity contribution in [2.24, 2.45) is 0 Å². The molecular weight excluding hydrogens is 617 g/mol. The first-order valence-corrected chi connectivity index (χ1v) is 16.5. The number of rotatable bonds is 11. The van der Waals surface area contributed by atoms with Crippen LogP contribution in [0.15, 0.2) is 71.6 Å².